The number of hydrogen-bond acceptors (Lipinski definition) is 5. The van der Waals surface area contributed by atoms with Crippen molar-refractivity contribution in [1.82, 2.24) is 24.5 Å². The quantitative estimate of drug-likeness (QED) is 0.413. The van der Waals surface area contributed by atoms with Crippen molar-refractivity contribution in [2.24, 2.45) is 0 Å². The van der Waals surface area contributed by atoms with Gasteiger partial charge in [0.2, 0.25) is 5.88 Å². The number of piperidine rings is 1. The zero-order valence-corrected chi connectivity index (χ0v) is 20.5. The first-order chi connectivity index (χ1) is 16.5. The molecule has 0 atom stereocenters. The highest BCUT2D eigenvalue weighted by Gasteiger charge is 2.24. The van der Waals surface area contributed by atoms with Gasteiger partial charge in [-0.3, -0.25) is 9.69 Å². The van der Waals surface area contributed by atoms with Gasteiger partial charge in [0.05, 0.1) is 19.3 Å². The largest absolute Gasteiger partial charge is 0.481 e. The van der Waals surface area contributed by atoms with E-state index in [0.29, 0.717) is 36.5 Å². The highest BCUT2D eigenvalue weighted by molar-refractivity contribution is 5.92. The third kappa shape index (κ3) is 4.09. The number of fused-ring (bicyclic) bond motifs is 2. The van der Waals surface area contributed by atoms with Crippen molar-refractivity contribution >= 4 is 22.3 Å². The van der Waals surface area contributed by atoms with Gasteiger partial charge in [0.15, 0.2) is 5.65 Å². The van der Waals surface area contributed by atoms with E-state index in [9.17, 15) is 4.79 Å². The molecule has 7 nitrogen and oxygen atoms in total. The van der Waals surface area contributed by atoms with Crippen LogP contribution in [0.2, 0.25) is 0 Å². The predicted octanol–water partition coefficient (Wildman–Crippen LogP) is 5.17. The van der Waals surface area contributed by atoms with Crippen LogP contribution in [0.4, 0.5) is 0 Å². The number of carbonyl (C=O) groups is 1. The van der Waals surface area contributed by atoms with Crippen molar-refractivity contribution in [3.63, 3.8) is 0 Å². The Hall–Kier alpha value is -3.19. The Labute approximate surface area is 200 Å². The Kier molecular flexibility index (Phi) is 6.13. The number of carbonyl (C=O) groups excluding carboxylic acids is 1. The lowest BCUT2D eigenvalue weighted by molar-refractivity contribution is -0.120. The maximum Gasteiger partial charge on any atom is 0.216 e. The van der Waals surface area contributed by atoms with Gasteiger partial charge in [-0.1, -0.05) is 26.8 Å². The van der Waals surface area contributed by atoms with E-state index in [4.69, 9.17) is 4.74 Å². The molecule has 0 amide bonds. The Morgan fingerprint density at radius 3 is 2.71 bits per heavy atom. The minimum atomic E-state index is 0.335. The monoisotopic (exact) mass is 459 g/mol. The summed E-state index contributed by atoms with van der Waals surface area (Å²) >= 11 is 0. The fraction of sp³-hybridized carbons (Fsp3) is 0.444. The average molecular weight is 460 g/mol. The van der Waals surface area contributed by atoms with Crippen molar-refractivity contribution in [2.45, 2.75) is 51.9 Å². The summed E-state index contributed by atoms with van der Waals surface area (Å²) in [4.78, 5) is 22.2. The molecular formula is C27H33N5O2. The maximum atomic E-state index is 11.8. The molecule has 4 heterocycles. The number of benzene rings is 1. The first-order valence-corrected chi connectivity index (χ1v) is 12.3. The number of nitrogens with one attached hydrogen (secondary N) is 1. The molecule has 1 saturated heterocycles. The van der Waals surface area contributed by atoms with E-state index >= 15 is 0 Å². The minimum absolute atomic E-state index is 0.335. The van der Waals surface area contributed by atoms with Gasteiger partial charge in [0.25, 0.3) is 0 Å². The number of aromatic amines is 1. The van der Waals surface area contributed by atoms with Crippen molar-refractivity contribution in [3.8, 4) is 17.1 Å². The molecule has 3 aromatic heterocycles. The van der Waals surface area contributed by atoms with Crippen LogP contribution in [0.25, 0.3) is 27.8 Å². The molecule has 7 heteroatoms. The molecule has 4 aromatic rings. The molecule has 1 aliphatic rings. The molecule has 0 radical (unpaired) electrons. The number of ether oxygens (including phenoxy) is 1. The Morgan fingerprint density at radius 1 is 1.21 bits per heavy atom. The Bertz CT molecular complexity index is 1330. The number of ketones is 1. The number of hydrogen-bond donors (Lipinski definition) is 1. The molecule has 0 aliphatic carbocycles. The van der Waals surface area contributed by atoms with E-state index < -0.39 is 0 Å². The summed E-state index contributed by atoms with van der Waals surface area (Å²) in [6, 6.07) is 11.0. The number of rotatable bonds is 7. The lowest BCUT2D eigenvalue weighted by atomic mass is 9.87. The van der Waals surface area contributed by atoms with Crippen molar-refractivity contribution < 1.29 is 9.53 Å². The van der Waals surface area contributed by atoms with E-state index in [2.05, 4.69) is 58.1 Å². The number of Topliss-reactive ketones (excluding diaryl/α,β-unsaturated/α-hetero) is 1. The van der Waals surface area contributed by atoms with Crippen LogP contribution in [0.5, 0.6) is 5.88 Å². The van der Waals surface area contributed by atoms with Crippen LogP contribution in [0.3, 0.4) is 0 Å². The van der Waals surface area contributed by atoms with Gasteiger partial charge in [-0.2, -0.15) is 9.61 Å². The third-order valence-corrected chi connectivity index (χ3v) is 7.14. The molecular weight excluding hydrogens is 426 g/mol. The second kappa shape index (κ2) is 9.22. The molecule has 1 aromatic carbocycles. The summed E-state index contributed by atoms with van der Waals surface area (Å²) in [5.41, 5.74) is 6.78. The number of pyridine rings is 1. The highest BCUT2D eigenvalue weighted by atomic mass is 16.5. The predicted molar refractivity (Wildman–Crippen MR) is 135 cm³/mol. The summed E-state index contributed by atoms with van der Waals surface area (Å²) in [5.74, 6) is 1.87. The number of H-pyrrole nitrogens is 1. The van der Waals surface area contributed by atoms with Crippen LogP contribution in [0.1, 0.15) is 63.0 Å². The van der Waals surface area contributed by atoms with Crippen molar-refractivity contribution in [1.29, 1.82) is 0 Å². The smallest absolute Gasteiger partial charge is 0.216 e. The van der Waals surface area contributed by atoms with Crippen LogP contribution in [0, 0.1) is 0 Å². The van der Waals surface area contributed by atoms with Crippen LogP contribution in [0.15, 0.2) is 36.7 Å². The van der Waals surface area contributed by atoms with Crippen LogP contribution in [-0.2, 0) is 4.79 Å². The molecule has 0 saturated carbocycles. The van der Waals surface area contributed by atoms with Gasteiger partial charge >= 0.3 is 0 Å². The van der Waals surface area contributed by atoms with E-state index in [1.54, 1.807) is 18.0 Å². The molecule has 1 aliphatic heterocycles. The molecule has 178 valence electrons. The topological polar surface area (TPSA) is 75.5 Å². The standard InChI is InChI=1S/C27H33N5O2/c1-5-21(33)15-31-10-8-18(9-11-31)19-6-7-23-22(12-19)26(17(2)3)27(30-23)20-13-24-28-16-29-32(24)25(14-20)34-4/h6-7,12-14,16-18,30H,5,8-11,15H2,1-4H3. The van der Waals surface area contributed by atoms with Gasteiger partial charge in [0, 0.05) is 29.0 Å². The number of methoxy groups -OCH3 is 1. The van der Waals surface area contributed by atoms with E-state index in [0.717, 1.165) is 48.4 Å². The first kappa shape index (κ1) is 22.6. The summed E-state index contributed by atoms with van der Waals surface area (Å²) in [6.07, 6.45) is 4.36. The zero-order chi connectivity index (χ0) is 23.8. The Balaban J connectivity index is 1.49. The molecule has 1 fully saturated rings. The molecule has 34 heavy (non-hydrogen) atoms. The summed E-state index contributed by atoms with van der Waals surface area (Å²) in [5, 5.41) is 5.55. The number of nitrogens with zero attached hydrogens (tertiary/aromatic N) is 4. The lowest BCUT2D eigenvalue weighted by Gasteiger charge is -2.31. The fourth-order valence-electron chi connectivity index (χ4n) is 5.28. The normalized spacial score (nSPS) is 15.6. The summed E-state index contributed by atoms with van der Waals surface area (Å²) < 4.78 is 7.29. The van der Waals surface area contributed by atoms with Crippen LogP contribution < -0.4 is 4.74 Å². The SMILES string of the molecule is CCC(=O)CN1CCC(c2ccc3[nH]c(-c4cc(OC)n5ncnc5c4)c(C(C)C)c3c2)CC1. The van der Waals surface area contributed by atoms with Crippen LogP contribution >= 0.6 is 0 Å². The van der Waals surface area contributed by atoms with Crippen LogP contribution in [-0.4, -0.2) is 57.0 Å². The van der Waals surface area contributed by atoms with Crippen molar-refractivity contribution in [2.75, 3.05) is 26.7 Å². The molecule has 1 N–H and O–H groups in total. The van der Waals surface area contributed by atoms with Gasteiger partial charge in [0.1, 0.15) is 12.1 Å². The lowest BCUT2D eigenvalue weighted by Crippen LogP contribution is -2.36. The summed E-state index contributed by atoms with van der Waals surface area (Å²) in [7, 11) is 1.66. The van der Waals surface area contributed by atoms with E-state index in [1.165, 1.54) is 16.5 Å². The Morgan fingerprint density at radius 2 is 2.00 bits per heavy atom. The minimum Gasteiger partial charge on any atom is -0.481 e. The maximum absolute atomic E-state index is 11.8. The van der Waals surface area contributed by atoms with Gasteiger partial charge in [-0.05, 0) is 67.1 Å². The van der Waals surface area contributed by atoms with Gasteiger partial charge in [-0.25, -0.2) is 4.98 Å². The highest BCUT2D eigenvalue weighted by Crippen LogP contribution is 2.39. The molecule has 0 bridgehead atoms. The van der Waals surface area contributed by atoms with E-state index in [1.807, 2.05) is 13.0 Å². The number of likely N-dealkylation sites (tertiary alicyclic amines) is 1. The van der Waals surface area contributed by atoms with Gasteiger partial charge < -0.3 is 9.72 Å². The van der Waals surface area contributed by atoms with Gasteiger partial charge in [-0.15, -0.1) is 0 Å². The molecule has 5 rings (SSSR count). The van der Waals surface area contributed by atoms with Crippen molar-refractivity contribution in [3.05, 3.63) is 47.8 Å². The van der Waals surface area contributed by atoms with E-state index in [-0.39, 0.29) is 0 Å². The third-order valence-electron chi connectivity index (χ3n) is 7.14. The summed E-state index contributed by atoms with van der Waals surface area (Å²) in [6.45, 7) is 9.01. The average Bonchev–Trinajstić information content (AvgIpc) is 3.48. The second-order valence-corrected chi connectivity index (χ2v) is 9.63. The molecule has 0 unspecified atom stereocenters. The molecule has 0 spiro atoms. The zero-order valence-electron chi connectivity index (χ0n) is 20.5. The second-order valence-electron chi connectivity index (χ2n) is 9.63. The fourth-order valence-corrected chi connectivity index (χ4v) is 5.28. The first-order valence-electron chi connectivity index (χ1n) is 12.3. The number of aromatic nitrogens is 4.